The summed E-state index contributed by atoms with van der Waals surface area (Å²) in [5.74, 6) is 0. The number of halogens is 2. The largest absolute Gasteiger partial charge is 0.247 e. The molecule has 43 valence electrons. The van der Waals surface area contributed by atoms with Gasteiger partial charge in [0.15, 0.2) is 0 Å². The van der Waals surface area contributed by atoms with Crippen molar-refractivity contribution >= 4 is 11.6 Å². The second-order valence-electron chi connectivity index (χ2n) is 1.28. The Morgan fingerprint density at radius 3 is 2.29 bits per heavy atom. The molecule has 2 unspecified atom stereocenters. The van der Waals surface area contributed by atoms with Gasteiger partial charge >= 0.3 is 0 Å². The Labute approximate surface area is 47.1 Å². The van der Waals surface area contributed by atoms with E-state index in [2.05, 4.69) is 0 Å². The summed E-state index contributed by atoms with van der Waals surface area (Å²) in [6, 6.07) is 0. The Balaban J connectivity index is 3.14. The molecule has 0 bridgehead atoms. The molecule has 7 heavy (non-hydrogen) atoms. The zero-order chi connectivity index (χ0) is 5.86. The molecule has 0 saturated heterocycles. The number of hydrogen-bond donors (Lipinski definition) is 0. The molecule has 0 spiro atoms. The van der Waals surface area contributed by atoms with Crippen LogP contribution < -0.4 is 0 Å². The molecule has 0 aromatic rings. The quantitative estimate of drug-likeness (QED) is 0.501. The van der Waals surface area contributed by atoms with E-state index < -0.39 is 11.7 Å². The van der Waals surface area contributed by atoms with Crippen LogP contribution in [0.5, 0.6) is 0 Å². The van der Waals surface area contributed by atoms with Gasteiger partial charge in [0.1, 0.15) is 0 Å². The van der Waals surface area contributed by atoms with Crippen LogP contribution >= 0.6 is 11.6 Å². The normalized spacial score (nSPS) is 18.9. The summed E-state index contributed by atoms with van der Waals surface area (Å²) < 4.78 is 11.4. The van der Waals surface area contributed by atoms with Crippen LogP contribution in [-0.2, 0) is 5.11 Å². The van der Waals surface area contributed by atoms with Crippen molar-refractivity contribution < 1.29 is 9.50 Å². The zero-order valence-corrected chi connectivity index (χ0v) is 4.78. The molecule has 0 amide bonds. The predicted octanol–water partition coefficient (Wildman–Crippen LogP) is 1.73. The maximum absolute atomic E-state index is 11.4. The van der Waals surface area contributed by atoms with E-state index in [1.807, 2.05) is 0 Å². The summed E-state index contributed by atoms with van der Waals surface area (Å²) in [7, 11) is 0. The summed E-state index contributed by atoms with van der Waals surface area (Å²) in [5.41, 5.74) is 0. The summed E-state index contributed by atoms with van der Waals surface area (Å²) in [6.07, 6.45) is -1.72. The molecule has 2 atom stereocenters. The molecule has 0 aliphatic heterocycles. The highest BCUT2D eigenvalue weighted by atomic mass is 35.5. The van der Waals surface area contributed by atoms with Crippen molar-refractivity contribution in [2.45, 2.75) is 25.1 Å². The molecule has 3 heteroatoms. The van der Waals surface area contributed by atoms with Gasteiger partial charge in [-0.3, -0.25) is 0 Å². The van der Waals surface area contributed by atoms with Crippen molar-refractivity contribution in [3.8, 4) is 0 Å². The van der Waals surface area contributed by atoms with E-state index in [1.165, 1.54) is 0 Å². The van der Waals surface area contributed by atoms with Gasteiger partial charge in [0.2, 0.25) is 6.36 Å². The van der Waals surface area contributed by atoms with E-state index >= 15 is 0 Å². The molecule has 0 N–H and O–H groups in total. The summed E-state index contributed by atoms with van der Waals surface area (Å²) in [4.78, 5) is 0. The first-order valence-corrected chi connectivity index (χ1v) is 2.56. The minimum Gasteiger partial charge on any atom is -0.211 e. The molecule has 0 aromatic heterocycles. The minimum absolute atomic E-state index is 0.395. The fourth-order valence-electron chi connectivity index (χ4n) is 0.185. The summed E-state index contributed by atoms with van der Waals surface area (Å²) in [6.45, 7) is 1.67. The standard InChI is InChI=1S/C4H7ClFO/c1-2-3(5)4(6)7/h3-4H,2H2,1H3. The van der Waals surface area contributed by atoms with Gasteiger partial charge in [-0.15, -0.1) is 11.6 Å². The average Bonchev–Trinajstić information content (AvgIpc) is 1.65. The molecule has 0 rings (SSSR count). The maximum Gasteiger partial charge on any atom is 0.247 e. The number of hydrogen-bond acceptors (Lipinski definition) is 0. The molecular weight excluding hydrogens is 118 g/mol. The molecule has 0 aromatic carbocycles. The zero-order valence-electron chi connectivity index (χ0n) is 4.03. The van der Waals surface area contributed by atoms with E-state index in [0.29, 0.717) is 6.42 Å². The number of rotatable bonds is 2. The second kappa shape index (κ2) is 3.22. The van der Waals surface area contributed by atoms with Crippen LogP contribution in [0, 0.1) is 0 Å². The van der Waals surface area contributed by atoms with Crippen molar-refractivity contribution in [2.75, 3.05) is 0 Å². The number of alkyl halides is 2. The van der Waals surface area contributed by atoms with Gasteiger partial charge in [-0.1, -0.05) is 6.92 Å². The first-order chi connectivity index (χ1) is 3.18. The van der Waals surface area contributed by atoms with Crippen molar-refractivity contribution in [1.29, 1.82) is 0 Å². The molecule has 0 aliphatic rings. The monoisotopic (exact) mass is 125 g/mol. The Kier molecular flexibility index (Phi) is 3.30. The van der Waals surface area contributed by atoms with Gasteiger partial charge in [-0.2, -0.15) is 5.11 Å². The topological polar surface area (TPSA) is 19.9 Å². The van der Waals surface area contributed by atoms with Gasteiger partial charge in [0.25, 0.3) is 0 Å². The van der Waals surface area contributed by atoms with Crippen LogP contribution in [0.4, 0.5) is 4.39 Å². The molecule has 1 nitrogen and oxygen atoms in total. The van der Waals surface area contributed by atoms with Crippen LogP contribution in [0.15, 0.2) is 0 Å². The van der Waals surface area contributed by atoms with Crippen LogP contribution in [0.3, 0.4) is 0 Å². The lowest BCUT2D eigenvalue weighted by Crippen LogP contribution is -2.11. The highest BCUT2D eigenvalue weighted by molar-refractivity contribution is 6.20. The van der Waals surface area contributed by atoms with E-state index in [0.717, 1.165) is 0 Å². The molecule has 0 aliphatic carbocycles. The minimum atomic E-state index is -2.12. The Morgan fingerprint density at radius 2 is 2.29 bits per heavy atom. The highest BCUT2D eigenvalue weighted by Gasteiger charge is 2.12. The fourth-order valence-corrected chi connectivity index (χ4v) is 0.185. The van der Waals surface area contributed by atoms with Crippen molar-refractivity contribution in [2.24, 2.45) is 0 Å². The van der Waals surface area contributed by atoms with Crippen LogP contribution in [0.25, 0.3) is 0 Å². The Morgan fingerprint density at radius 1 is 1.86 bits per heavy atom. The highest BCUT2D eigenvalue weighted by Crippen LogP contribution is 2.07. The van der Waals surface area contributed by atoms with Gasteiger partial charge in [-0.25, -0.2) is 4.39 Å². The lowest BCUT2D eigenvalue weighted by Gasteiger charge is -2.00. The first-order valence-electron chi connectivity index (χ1n) is 2.12. The first kappa shape index (κ1) is 7.18. The Hall–Kier alpha value is 0.180. The summed E-state index contributed by atoms with van der Waals surface area (Å²) in [5, 5.41) is 8.81. The lowest BCUT2D eigenvalue weighted by atomic mass is 10.3. The Bertz CT molecular complexity index is 49.0. The van der Waals surface area contributed by atoms with Gasteiger partial charge in [-0.05, 0) is 6.42 Å². The van der Waals surface area contributed by atoms with Crippen LogP contribution in [0.2, 0.25) is 0 Å². The third-order valence-electron chi connectivity index (χ3n) is 0.674. The maximum atomic E-state index is 11.4. The van der Waals surface area contributed by atoms with Crippen molar-refractivity contribution in [3.63, 3.8) is 0 Å². The molecule has 0 fully saturated rings. The van der Waals surface area contributed by atoms with Gasteiger partial charge < -0.3 is 0 Å². The van der Waals surface area contributed by atoms with Crippen molar-refractivity contribution in [3.05, 3.63) is 0 Å². The third-order valence-corrected chi connectivity index (χ3v) is 1.18. The SMILES string of the molecule is CCC(Cl)C([O])F. The van der Waals surface area contributed by atoms with Crippen molar-refractivity contribution in [1.82, 2.24) is 0 Å². The van der Waals surface area contributed by atoms with E-state index in [4.69, 9.17) is 11.6 Å². The third kappa shape index (κ3) is 2.83. The predicted molar refractivity (Wildman–Crippen MR) is 25.5 cm³/mol. The fraction of sp³-hybridized carbons (Fsp3) is 1.00. The van der Waals surface area contributed by atoms with Crippen LogP contribution in [-0.4, -0.2) is 11.7 Å². The van der Waals surface area contributed by atoms with Gasteiger partial charge in [0.05, 0.1) is 5.38 Å². The molecular formula is C4H7ClFO. The molecule has 0 saturated carbocycles. The van der Waals surface area contributed by atoms with Gasteiger partial charge in [0, 0.05) is 0 Å². The second-order valence-corrected chi connectivity index (χ2v) is 1.84. The average molecular weight is 126 g/mol. The summed E-state index contributed by atoms with van der Waals surface area (Å²) >= 11 is 5.11. The van der Waals surface area contributed by atoms with E-state index in [-0.39, 0.29) is 0 Å². The smallest absolute Gasteiger partial charge is 0.211 e. The molecule has 1 radical (unpaired) electrons. The molecule has 0 heterocycles. The van der Waals surface area contributed by atoms with E-state index in [1.54, 1.807) is 6.92 Å². The lowest BCUT2D eigenvalue weighted by molar-refractivity contribution is -0.0251. The van der Waals surface area contributed by atoms with Crippen LogP contribution in [0.1, 0.15) is 13.3 Å². The van der Waals surface area contributed by atoms with E-state index in [9.17, 15) is 9.50 Å².